The number of benzene rings is 1. The molecule has 0 radical (unpaired) electrons. The van der Waals surface area contributed by atoms with E-state index in [4.69, 9.17) is 4.42 Å². The van der Waals surface area contributed by atoms with Gasteiger partial charge in [0.1, 0.15) is 11.3 Å². The van der Waals surface area contributed by atoms with Crippen LogP contribution in [-0.4, -0.2) is 68.4 Å². The number of rotatable bonds is 4. The highest BCUT2D eigenvalue weighted by Crippen LogP contribution is 2.55. The first-order valence-electron chi connectivity index (χ1n) is 14.0. The van der Waals surface area contributed by atoms with E-state index in [0.29, 0.717) is 37.2 Å². The molecule has 0 atom stereocenters. The first-order chi connectivity index (χ1) is 19.6. The monoisotopic (exact) mass is 580 g/mol. The van der Waals surface area contributed by atoms with E-state index in [-0.39, 0.29) is 40.8 Å². The van der Waals surface area contributed by atoms with Crippen molar-refractivity contribution in [3.63, 3.8) is 0 Å². The molecule has 2 amide bonds. The Labute approximate surface area is 240 Å². The Morgan fingerprint density at radius 3 is 2.33 bits per heavy atom. The molecule has 0 bridgehead atoms. The number of alkyl halides is 2. The number of amides is 2. The highest BCUT2D eigenvalue weighted by atomic mass is 19.3. The van der Waals surface area contributed by atoms with Gasteiger partial charge in [-0.25, -0.2) is 18.2 Å². The number of carbonyl (C=O) groups excluding carboxylic acids is 2. The van der Waals surface area contributed by atoms with Crippen molar-refractivity contribution in [2.45, 2.75) is 68.9 Å². The van der Waals surface area contributed by atoms with E-state index in [1.54, 1.807) is 16.7 Å². The van der Waals surface area contributed by atoms with Crippen LogP contribution in [0.2, 0.25) is 0 Å². The zero-order chi connectivity index (χ0) is 30.2. The molecule has 0 spiro atoms. The van der Waals surface area contributed by atoms with Crippen LogP contribution in [0.1, 0.15) is 62.6 Å². The summed E-state index contributed by atoms with van der Waals surface area (Å²) in [7, 11) is 0. The van der Waals surface area contributed by atoms with Gasteiger partial charge in [-0.15, -0.1) is 0 Å². The lowest BCUT2D eigenvalue weighted by Gasteiger charge is -2.49. The van der Waals surface area contributed by atoms with Gasteiger partial charge in [0, 0.05) is 55.6 Å². The van der Waals surface area contributed by atoms with Crippen molar-refractivity contribution in [1.82, 2.24) is 14.8 Å². The number of pyridine rings is 1. The minimum atomic E-state index is -3.01. The van der Waals surface area contributed by atoms with Crippen molar-refractivity contribution >= 4 is 22.9 Å². The van der Waals surface area contributed by atoms with Crippen LogP contribution in [0.4, 0.5) is 13.2 Å². The number of nitriles is 1. The summed E-state index contributed by atoms with van der Waals surface area (Å²) in [4.78, 5) is 34.7. The normalized spacial score (nSPS) is 25.8. The molecule has 42 heavy (non-hydrogen) atoms. The van der Waals surface area contributed by atoms with Gasteiger partial charge in [-0.1, -0.05) is 0 Å². The van der Waals surface area contributed by atoms with Gasteiger partial charge in [-0.2, -0.15) is 5.26 Å². The van der Waals surface area contributed by atoms with Crippen molar-refractivity contribution in [2.75, 3.05) is 19.6 Å². The molecule has 0 unspecified atom stereocenters. The third-order valence-electron chi connectivity index (χ3n) is 8.86. The Bertz CT molecular complexity index is 1620. The minimum Gasteiger partial charge on any atom is -0.449 e. The summed E-state index contributed by atoms with van der Waals surface area (Å²) >= 11 is 0. The van der Waals surface area contributed by atoms with Crippen molar-refractivity contribution in [1.29, 1.82) is 5.26 Å². The summed E-state index contributed by atoms with van der Waals surface area (Å²) in [5, 5.41) is 20.1. The number of hydrogen-bond donors (Lipinski definition) is 1. The summed E-state index contributed by atoms with van der Waals surface area (Å²) in [6, 6.07) is 10.5. The maximum absolute atomic E-state index is 14.1. The highest BCUT2D eigenvalue weighted by molar-refractivity contribution is 5.97. The third kappa shape index (κ3) is 4.71. The predicted octanol–water partition coefficient (Wildman–Crippen LogP) is 5.05. The molecule has 2 aromatic heterocycles. The van der Waals surface area contributed by atoms with E-state index < -0.39 is 47.0 Å². The molecule has 3 fully saturated rings. The van der Waals surface area contributed by atoms with Crippen molar-refractivity contribution in [3.05, 3.63) is 53.5 Å². The molecule has 11 heteroatoms. The Kier molecular flexibility index (Phi) is 6.25. The molecular formula is C31H31F3N4O4. The molecule has 6 rings (SSSR count). The molecule has 1 N–H and O–H groups in total. The summed E-state index contributed by atoms with van der Waals surface area (Å²) in [5.41, 5.74) is -1.73. The molecule has 3 aromatic rings. The third-order valence-corrected chi connectivity index (χ3v) is 8.86. The van der Waals surface area contributed by atoms with Crippen molar-refractivity contribution in [2.24, 2.45) is 5.92 Å². The van der Waals surface area contributed by atoms with E-state index >= 15 is 0 Å². The molecule has 220 valence electrons. The second-order valence-electron chi connectivity index (χ2n) is 12.9. The molecule has 1 saturated heterocycles. The van der Waals surface area contributed by atoms with Crippen molar-refractivity contribution in [3.8, 4) is 17.3 Å². The van der Waals surface area contributed by atoms with Crippen LogP contribution in [0, 0.1) is 23.1 Å². The highest BCUT2D eigenvalue weighted by Gasteiger charge is 2.59. The molecule has 2 saturated carbocycles. The first-order valence-corrected chi connectivity index (χ1v) is 14.0. The fraction of sp³-hybridized carbons (Fsp3) is 0.484. The minimum absolute atomic E-state index is 0.0355. The standard InChI is InChI=1S/C31H31F3N4O4/c1-28(2)17-37(26(39)19-12-29(3,41)13-19)8-9-38(28)27(40)24-11-23-25(42-24)21(30(16-35)14-31(33,34)15-30)10-22(36-23)18-4-6-20(32)7-5-18/h4-7,10-11,19,41H,8-9,12-15,17H2,1-3H3. The molecule has 3 heterocycles. The molecule has 1 aromatic carbocycles. The summed E-state index contributed by atoms with van der Waals surface area (Å²) < 4.78 is 47.8. The number of hydrogen-bond acceptors (Lipinski definition) is 6. The molecule has 3 aliphatic rings. The van der Waals surface area contributed by atoms with E-state index in [2.05, 4.69) is 4.98 Å². The number of fused-ring (bicyclic) bond motifs is 1. The maximum atomic E-state index is 14.1. The maximum Gasteiger partial charge on any atom is 0.290 e. The second-order valence-corrected chi connectivity index (χ2v) is 12.9. The number of piperazine rings is 1. The number of aromatic nitrogens is 1. The molecule has 2 aliphatic carbocycles. The van der Waals surface area contributed by atoms with Crippen LogP contribution in [0.5, 0.6) is 0 Å². The van der Waals surface area contributed by atoms with Gasteiger partial charge < -0.3 is 19.3 Å². The zero-order valence-electron chi connectivity index (χ0n) is 23.6. The van der Waals surface area contributed by atoms with Crippen LogP contribution in [0.3, 0.4) is 0 Å². The SMILES string of the molecule is CC1(O)CC(C(=O)N2CCN(C(=O)c3cc4nc(-c5ccc(F)cc5)cc(C5(C#N)CC(F)(F)C5)c4o3)C(C)(C)C2)C1. The van der Waals surface area contributed by atoms with E-state index in [1.165, 1.54) is 36.4 Å². The van der Waals surface area contributed by atoms with Crippen LogP contribution >= 0.6 is 0 Å². The van der Waals surface area contributed by atoms with Gasteiger partial charge in [0.25, 0.3) is 11.8 Å². The number of halogens is 3. The summed E-state index contributed by atoms with van der Waals surface area (Å²) in [6.45, 7) is 6.26. The lowest BCUT2D eigenvalue weighted by Crippen LogP contribution is -2.63. The number of carbonyl (C=O) groups is 2. The zero-order valence-corrected chi connectivity index (χ0v) is 23.6. The lowest BCUT2D eigenvalue weighted by atomic mass is 9.63. The van der Waals surface area contributed by atoms with Crippen LogP contribution in [0.25, 0.3) is 22.4 Å². The largest absolute Gasteiger partial charge is 0.449 e. The Morgan fingerprint density at radius 1 is 1.10 bits per heavy atom. The van der Waals surface area contributed by atoms with E-state index in [9.17, 15) is 33.1 Å². The van der Waals surface area contributed by atoms with Crippen molar-refractivity contribution < 1.29 is 32.3 Å². The fourth-order valence-corrected chi connectivity index (χ4v) is 6.70. The van der Waals surface area contributed by atoms with Crippen LogP contribution in [-0.2, 0) is 10.2 Å². The van der Waals surface area contributed by atoms with E-state index in [1.807, 2.05) is 19.9 Å². The Hall–Kier alpha value is -3.91. The van der Waals surface area contributed by atoms with Crippen LogP contribution in [0.15, 0.2) is 40.8 Å². The van der Waals surface area contributed by atoms with Gasteiger partial charge in [0.15, 0.2) is 11.3 Å². The average Bonchev–Trinajstić information content (AvgIpc) is 3.33. The van der Waals surface area contributed by atoms with Gasteiger partial charge in [0.2, 0.25) is 5.91 Å². The van der Waals surface area contributed by atoms with E-state index in [0.717, 1.165) is 0 Å². The lowest BCUT2D eigenvalue weighted by molar-refractivity contribution is -0.153. The molecule has 1 aliphatic heterocycles. The van der Waals surface area contributed by atoms with Crippen LogP contribution < -0.4 is 0 Å². The summed E-state index contributed by atoms with van der Waals surface area (Å²) in [6.07, 6.45) is -0.560. The predicted molar refractivity (Wildman–Crippen MR) is 146 cm³/mol. The fourth-order valence-electron chi connectivity index (χ4n) is 6.70. The number of aliphatic hydroxyl groups is 1. The Morgan fingerprint density at radius 2 is 1.76 bits per heavy atom. The van der Waals surface area contributed by atoms with Gasteiger partial charge >= 0.3 is 0 Å². The average molecular weight is 581 g/mol. The molecule has 8 nitrogen and oxygen atoms in total. The van der Waals surface area contributed by atoms with Gasteiger partial charge in [-0.3, -0.25) is 9.59 Å². The van der Waals surface area contributed by atoms with Gasteiger partial charge in [-0.05, 0) is 63.9 Å². The first kappa shape index (κ1) is 28.2. The number of nitrogens with zero attached hydrogens (tertiary/aromatic N) is 4. The number of furan rings is 1. The smallest absolute Gasteiger partial charge is 0.290 e. The second kappa shape index (κ2) is 9.30. The quantitative estimate of drug-likeness (QED) is 0.463. The topological polar surface area (TPSA) is 111 Å². The summed E-state index contributed by atoms with van der Waals surface area (Å²) in [5.74, 6) is -4.24. The molecular weight excluding hydrogens is 549 g/mol. The Balaban J connectivity index is 1.33. The van der Waals surface area contributed by atoms with Gasteiger partial charge in [0.05, 0.1) is 28.3 Å².